The summed E-state index contributed by atoms with van der Waals surface area (Å²) in [5, 5.41) is 5.83. The van der Waals surface area contributed by atoms with Crippen molar-refractivity contribution in [1.29, 1.82) is 0 Å². The van der Waals surface area contributed by atoms with E-state index in [1.807, 2.05) is 25.1 Å². The van der Waals surface area contributed by atoms with E-state index in [1.54, 1.807) is 13.2 Å². The third kappa shape index (κ3) is 6.69. The molecule has 0 aromatic heterocycles. The number of methoxy groups -OCH3 is 1. The molecule has 6 heteroatoms. The van der Waals surface area contributed by atoms with Gasteiger partial charge in [-0.25, -0.2) is 0 Å². The summed E-state index contributed by atoms with van der Waals surface area (Å²) in [5.74, 6) is 0.0267. The lowest BCUT2D eigenvalue weighted by molar-refractivity contribution is -0.118. The second kappa shape index (κ2) is 11.5. The van der Waals surface area contributed by atoms with Crippen molar-refractivity contribution in [1.82, 2.24) is 10.6 Å². The molecule has 2 N–H and O–H groups in total. The Morgan fingerprint density at radius 1 is 1.11 bits per heavy atom. The highest BCUT2D eigenvalue weighted by Crippen LogP contribution is 2.23. The van der Waals surface area contributed by atoms with Crippen molar-refractivity contribution in [2.24, 2.45) is 0 Å². The third-order valence-electron chi connectivity index (χ3n) is 4.35. The van der Waals surface area contributed by atoms with Crippen molar-refractivity contribution in [2.75, 3.05) is 26.0 Å². The monoisotopic (exact) mass is 400 g/mol. The van der Waals surface area contributed by atoms with Gasteiger partial charge in [-0.1, -0.05) is 43.3 Å². The molecule has 0 aliphatic carbocycles. The van der Waals surface area contributed by atoms with Crippen LogP contribution in [0.3, 0.4) is 0 Å². The summed E-state index contributed by atoms with van der Waals surface area (Å²) in [6.07, 6.45) is 0.991. The molecule has 0 aliphatic heterocycles. The van der Waals surface area contributed by atoms with Crippen LogP contribution in [0.15, 0.2) is 53.4 Å². The van der Waals surface area contributed by atoms with Gasteiger partial charge < -0.3 is 15.4 Å². The summed E-state index contributed by atoms with van der Waals surface area (Å²) in [6.45, 7) is 5.05. The molecule has 2 aromatic carbocycles. The van der Waals surface area contributed by atoms with Gasteiger partial charge in [0.2, 0.25) is 5.91 Å². The number of hydrogen-bond acceptors (Lipinski definition) is 4. The molecule has 0 radical (unpaired) electrons. The Morgan fingerprint density at radius 3 is 2.50 bits per heavy atom. The van der Waals surface area contributed by atoms with E-state index < -0.39 is 0 Å². The Bertz CT molecular complexity index is 778. The van der Waals surface area contributed by atoms with Gasteiger partial charge in [-0.15, -0.1) is 11.8 Å². The minimum atomic E-state index is -0.144. The highest BCUT2D eigenvalue weighted by Gasteiger charge is 2.15. The van der Waals surface area contributed by atoms with E-state index in [2.05, 4.69) is 41.8 Å². The van der Waals surface area contributed by atoms with Crippen molar-refractivity contribution in [3.63, 3.8) is 0 Å². The molecular weight excluding hydrogens is 372 g/mol. The third-order valence-corrected chi connectivity index (χ3v) is 5.43. The normalized spacial score (nSPS) is 11.7. The van der Waals surface area contributed by atoms with E-state index in [0.29, 0.717) is 18.7 Å². The second-order valence-corrected chi connectivity index (χ2v) is 7.44. The molecule has 0 spiro atoms. The summed E-state index contributed by atoms with van der Waals surface area (Å²) in [4.78, 5) is 25.5. The van der Waals surface area contributed by atoms with E-state index in [9.17, 15) is 9.59 Å². The first-order chi connectivity index (χ1) is 13.5. The minimum absolute atomic E-state index is 0.0818. The summed E-state index contributed by atoms with van der Waals surface area (Å²) >= 11 is 1.36. The van der Waals surface area contributed by atoms with Gasteiger partial charge in [0, 0.05) is 18.6 Å². The maximum atomic E-state index is 12.8. The van der Waals surface area contributed by atoms with Gasteiger partial charge in [0.15, 0.2) is 0 Å². The number of carbonyl (C=O) groups excluding carboxylic acids is 2. The van der Waals surface area contributed by atoms with E-state index in [4.69, 9.17) is 4.74 Å². The van der Waals surface area contributed by atoms with Crippen LogP contribution in [0.2, 0.25) is 0 Å². The van der Waals surface area contributed by atoms with Gasteiger partial charge in [-0.2, -0.15) is 0 Å². The average Bonchev–Trinajstić information content (AvgIpc) is 2.72. The highest BCUT2D eigenvalue weighted by molar-refractivity contribution is 8.00. The predicted molar refractivity (Wildman–Crippen MR) is 114 cm³/mol. The molecule has 0 aliphatic rings. The Balaban J connectivity index is 1.98. The van der Waals surface area contributed by atoms with Gasteiger partial charge in [-0.3, -0.25) is 9.59 Å². The Morgan fingerprint density at radius 2 is 1.82 bits per heavy atom. The quantitative estimate of drug-likeness (QED) is 0.472. The van der Waals surface area contributed by atoms with Crippen LogP contribution >= 0.6 is 11.8 Å². The molecule has 2 rings (SSSR count). The molecule has 0 bridgehead atoms. The molecule has 28 heavy (non-hydrogen) atoms. The van der Waals surface area contributed by atoms with Crippen LogP contribution in [0, 0.1) is 0 Å². The van der Waals surface area contributed by atoms with Gasteiger partial charge in [0.25, 0.3) is 5.91 Å². The summed E-state index contributed by atoms with van der Waals surface area (Å²) in [7, 11) is 1.59. The predicted octanol–water partition coefficient (Wildman–Crippen LogP) is 3.59. The van der Waals surface area contributed by atoms with Crippen LogP contribution in [-0.4, -0.2) is 37.8 Å². The number of benzene rings is 2. The molecule has 150 valence electrons. The van der Waals surface area contributed by atoms with Crippen LogP contribution in [0.25, 0.3) is 0 Å². The zero-order valence-electron chi connectivity index (χ0n) is 16.7. The zero-order valence-corrected chi connectivity index (χ0v) is 17.5. The fourth-order valence-electron chi connectivity index (χ4n) is 2.67. The van der Waals surface area contributed by atoms with Crippen LogP contribution in [-0.2, 0) is 16.0 Å². The molecule has 1 unspecified atom stereocenters. The number of aryl methyl sites for hydroxylation is 1. The molecular formula is C22H28N2O3S. The lowest BCUT2D eigenvalue weighted by atomic mass is 10.0. The van der Waals surface area contributed by atoms with Crippen LogP contribution < -0.4 is 10.6 Å². The molecule has 0 saturated heterocycles. The van der Waals surface area contributed by atoms with Crippen molar-refractivity contribution in [2.45, 2.75) is 31.2 Å². The average molecular weight is 401 g/mol. The second-order valence-electron chi connectivity index (χ2n) is 6.42. The molecule has 2 aromatic rings. The topological polar surface area (TPSA) is 67.4 Å². The molecule has 0 heterocycles. The number of nitrogens with one attached hydrogen (secondary N) is 2. The number of hydrogen-bond donors (Lipinski definition) is 2. The van der Waals surface area contributed by atoms with E-state index in [1.165, 1.54) is 17.3 Å². The van der Waals surface area contributed by atoms with Crippen molar-refractivity contribution in [3.05, 3.63) is 65.2 Å². The first-order valence-electron chi connectivity index (χ1n) is 9.42. The Kier molecular flexibility index (Phi) is 9.04. The van der Waals surface area contributed by atoms with Gasteiger partial charge >= 0.3 is 0 Å². The minimum Gasteiger partial charge on any atom is -0.383 e. The van der Waals surface area contributed by atoms with Gasteiger partial charge in [0.1, 0.15) is 0 Å². The summed E-state index contributed by atoms with van der Waals surface area (Å²) in [6, 6.07) is 15.5. The lowest BCUT2D eigenvalue weighted by Gasteiger charge is -2.16. The van der Waals surface area contributed by atoms with Crippen LogP contribution in [0.4, 0.5) is 0 Å². The number of thioether (sulfide) groups is 1. The van der Waals surface area contributed by atoms with E-state index >= 15 is 0 Å². The van der Waals surface area contributed by atoms with E-state index in [0.717, 1.165) is 16.9 Å². The standard InChI is InChI=1S/C22H28N2O3S/c1-4-17-9-11-18(12-10-17)16(2)24-22(26)19-7-5-6-8-20(19)28-15-21(25)23-13-14-27-3/h5-12,16H,4,13-15H2,1-3H3,(H,23,25)(H,24,26). The molecule has 0 fully saturated rings. The van der Waals surface area contributed by atoms with E-state index in [-0.39, 0.29) is 23.6 Å². The lowest BCUT2D eigenvalue weighted by Crippen LogP contribution is -2.29. The number of carbonyl (C=O) groups is 2. The fourth-order valence-corrected chi connectivity index (χ4v) is 3.55. The number of ether oxygens (including phenoxy) is 1. The molecule has 1 atom stereocenters. The molecule has 5 nitrogen and oxygen atoms in total. The van der Waals surface area contributed by atoms with Crippen molar-refractivity contribution >= 4 is 23.6 Å². The smallest absolute Gasteiger partial charge is 0.252 e. The molecule has 2 amide bonds. The SMILES string of the molecule is CCc1ccc(C(C)NC(=O)c2ccccc2SCC(=O)NCCOC)cc1. The first kappa shape index (κ1) is 22.0. The Hall–Kier alpha value is -2.31. The van der Waals surface area contributed by atoms with Crippen molar-refractivity contribution < 1.29 is 14.3 Å². The van der Waals surface area contributed by atoms with Gasteiger partial charge in [0.05, 0.1) is 24.0 Å². The molecule has 0 saturated carbocycles. The number of rotatable bonds is 10. The van der Waals surface area contributed by atoms with Crippen LogP contribution in [0.1, 0.15) is 41.4 Å². The van der Waals surface area contributed by atoms with Crippen LogP contribution in [0.5, 0.6) is 0 Å². The maximum Gasteiger partial charge on any atom is 0.252 e. The first-order valence-corrected chi connectivity index (χ1v) is 10.4. The zero-order chi connectivity index (χ0) is 20.4. The Labute approximate surface area is 171 Å². The highest BCUT2D eigenvalue weighted by atomic mass is 32.2. The largest absolute Gasteiger partial charge is 0.383 e. The van der Waals surface area contributed by atoms with Crippen molar-refractivity contribution in [3.8, 4) is 0 Å². The fraction of sp³-hybridized carbons (Fsp3) is 0.364. The maximum absolute atomic E-state index is 12.8. The summed E-state index contributed by atoms with van der Waals surface area (Å²) in [5.41, 5.74) is 2.91. The van der Waals surface area contributed by atoms with Gasteiger partial charge in [-0.05, 0) is 36.6 Å². The summed E-state index contributed by atoms with van der Waals surface area (Å²) < 4.78 is 4.92. The number of amides is 2.